The SMILES string of the molecule is CCC(C)CCCCCCCCCCCCC(=O)O[C@H](COC(=O)CCCCCCCCC(C)CC)COP(=O)(O)OC[C@H](O)COP(=O)(O)OC[C@@H](COC(=O)CCCCCCCCCCCCCCCCCC(C)C)OC(=O)CCCCCCCCCCC(C)CC. The molecule has 5 unspecified atom stereocenters. The van der Waals surface area contributed by atoms with Crippen molar-refractivity contribution in [2.75, 3.05) is 39.6 Å². The van der Waals surface area contributed by atoms with E-state index in [1.165, 1.54) is 173 Å². The zero-order valence-electron chi connectivity index (χ0n) is 61.6. The molecule has 0 radical (unpaired) electrons. The number of aliphatic hydroxyl groups excluding tert-OH is 1. The van der Waals surface area contributed by atoms with E-state index in [9.17, 15) is 43.2 Å². The minimum atomic E-state index is -4.96. The van der Waals surface area contributed by atoms with Crippen LogP contribution >= 0.6 is 15.6 Å². The summed E-state index contributed by atoms with van der Waals surface area (Å²) >= 11 is 0. The number of phosphoric acid groups is 2. The highest BCUT2D eigenvalue weighted by Crippen LogP contribution is 2.45. The normalized spacial score (nSPS) is 15.0. The van der Waals surface area contributed by atoms with Crippen LogP contribution in [0.5, 0.6) is 0 Å². The lowest BCUT2D eigenvalue weighted by atomic mass is 9.99. The smallest absolute Gasteiger partial charge is 0.462 e. The predicted molar refractivity (Wildman–Crippen MR) is 381 cm³/mol. The Bertz CT molecular complexity index is 1860. The summed E-state index contributed by atoms with van der Waals surface area (Å²) in [7, 11) is -9.91. The van der Waals surface area contributed by atoms with Crippen LogP contribution in [0.25, 0.3) is 0 Å². The van der Waals surface area contributed by atoms with Crippen molar-refractivity contribution in [3.05, 3.63) is 0 Å². The second kappa shape index (κ2) is 64.4. The first-order valence-electron chi connectivity index (χ1n) is 38.8. The van der Waals surface area contributed by atoms with Crippen LogP contribution in [0, 0.1) is 23.7 Å². The summed E-state index contributed by atoms with van der Waals surface area (Å²) in [6.45, 7) is 14.2. The molecule has 0 aliphatic heterocycles. The third-order valence-electron chi connectivity index (χ3n) is 18.4. The highest BCUT2D eigenvalue weighted by Gasteiger charge is 2.30. The van der Waals surface area contributed by atoms with E-state index in [0.29, 0.717) is 25.7 Å². The zero-order chi connectivity index (χ0) is 69.6. The van der Waals surface area contributed by atoms with Gasteiger partial charge in [0.05, 0.1) is 26.4 Å². The summed E-state index contributed by atoms with van der Waals surface area (Å²) in [5.41, 5.74) is 0. The van der Waals surface area contributed by atoms with E-state index in [1.54, 1.807) is 0 Å². The van der Waals surface area contributed by atoms with Crippen molar-refractivity contribution < 1.29 is 80.2 Å². The Morgan fingerprint density at radius 1 is 0.298 bits per heavy atom. The van der Waals surface area contributed by atoms with Gasteiger partial charge in [0.1, 0.15) is 19.3 Å². The van der Waals surface area contributed by atoms with Crippen molar-refractivity contribution in [2.24, 2.45) is 23.7 Å². The molecule has 0 aliphatic rings. The molecule has 0 rings (SSSR count). The highest BCUT2D eigenvalue weighted by molar-refractivity contribution is 7.47. The van der Waals surface area contributed by atoms with Crippen LogP contribution < -0.4 is 0 Å². The van der Waals surface area contributed by atoms with Crippen molar-refractivity contribution in [3.8, 4) is 0 Å². The van der Waals surface area contributed by atoms with Gasteiger partial charge >= 0.3 is 39.5 Å². The van der Waals surface area contributed by atoms with Crippen molar-refractivity contribution >= 4 is 39.5 Å². The van der Waals surface area contributed by atoms with E-state index >= 15 is 0 Å². The van der Waals surface area contributed by atoms with Crippen molar-refractivity contribution in [3.63, 3.8) is 0 Å². The van der Waals surface area contributed by atoms with Gasteiger partial charge in [-0.2, -0.15) is 0 Å². The third-order valence-corrected chi connectivity index (χ3v) is 20.3. The largest absolute Gasteiger partial charge is 0.472 e. The number of aliphatic hydroxyl groups is 1. The van der Waals surface area contributed by atoms with E-state index in [0.717, 1.165) is 120 Å². The molecule has 0 saturated carbocycles. The second-order valence-corrected chi connectivity index (χ2v) is 31.1. The van der Waals surface area contributed by atoms with Crippen molar-refractivity contribution in [1.82, 2.24) is 0 Å². The third kappa shape index (κ3) is 64.7. The average molecular weight is 1380 g/mol. The monoisotopic (exact) mass is 1380 g/mol. The Balaban J connectivity index is 5.24. The molecular formula is C75H146O17P2. The molecule has 0 aromatic heterocycles. The predicted octanol–water partition coefficient (Wildman–Crippen LogP) is 21.7. The van der Waals surface area contributed by atoms with Crippen LogP contribution in [-0.4, -0.2) is 96.7 Å². The Hall–Kier alpha value is -1.94. The van der Waals surface area contributed by atoms with Crippen LogP contribution in [0.1, 0.15) is 376 Å². The van der Waals surface area contributed by atoms with Gasteiger partial charge in [0.2, 0.25) is 0 Å². The molecule has 558 valence electrons. The molecular weight excluding hydrogens is 1230 g/mol. The number of rotatable bonds is 72. The maximum absolute atomic E-state index is 13.1. The van der Waals surface area contributed by atoms with Gasteiger partial charge in [-0.05, 0) is 49.4 Å². The summed E-state index contributed by atoms with van der Waals surface area (Å²) in [4.78, 5) is 72.8. The molecule has 19 heteroatoms. The number of ether oxygens (including phenoxy) is 4. The van der Waals surface area contributed by atoms with Crippen LogP contribution in [-0.2, 0) is 65.4 Å². The first-order chi connectivity index (χ1) is 45.2. The zero-order valence-corrected chi connectivity index (χ0v) is 63.4. The summed E-state index contributed by atoms with van der Waals surface area (Å²) < 4.78 is 68.5. The van der Waals surface area contributed by atoms with E-state index < -0.39 is 97.5 Å². The minimum Gasteiger partial charge on any atom is -0.462 e. The number of carbonyl (C=O) groups excluding carboxylic acids is 4. The van der Waals surface area contributed by atoms with Gasteiger partial charge in [-0.25, -0.2) is 9.13 Å². The summed E-state index contributed by atoms with van der Waals surface area (Å²) in [6, 6.07) is 0. The standard InChI is InChI=1S/C75H146O17P2/c1-9-66(6)52-44-36-28-22-19-20-24-31-41-49-57-74(79)91-71(62-86-73(78)56-48-40-34-33-38-46-54-68(8)11-3)64-90-94(83,84)88-60-69(76)59-87-93(81,82)89-63-70(92-75(80)58-50-42-32-26-25-29-37-45-53-67(7)10-2)61-85-72(77)55-47-39-30-23-18-16-14-12-13-15-17-21-27-35-43-51-65(4)5/h65-71,76H,9-64H2,1-8H3,(H,81,82)(H,83,84)/t66?,67?,68?,69-,70-,71-/m1/s1. The molecule has 0 aliphatic carbocycles. The van der Waals surface area contributed by atoms with Gasteiger partial charge < -0.3 is 33.8 Å². The summed E-state index contributed by atoms with van der Waals surface area (Å²) in [6.07, 6.45) is 48.5. The number of esters is 4. The Labute approximate surface area is 575 Å². The topological polar surface area (TPSA) is 237 Å². The minimum absolute atomic E-state index is 0.105. The van der Waals surface area contributed by atoms with Gasteiger partial charge in [0, 0.05) is 25.7 Å². The molecule has 0 aromatic rings. The second-order valence-electron chi connectivity index (χ2n) is 28.2. The summed E-state index contributed by atoms with van der Waals surface area (Å²) in [5.74, 6) is 0.985. The fourth-order valence-electron chi connectivity index (χ4n) is 11.3. The molecule has 0 bridgehead atoms. The Kier molecular flexibility index (Phi) is 63.1. The Morgan fingerprint density at radius 3 is 0.755 bits per heavy atom. The van der Waals surface area contributed by atoms with Crippen LogP contribution in [0.2, 0.25) is 0 Å². The fourth-order valence-corrected chi connectivity index (χ4v) is 12.9. The molecule has 0 spiro atoms. The Morgan fingerprint density at radius 2 is 0.511 bits per heavy atom. The molecule has 17 nitrogen and oxygen atoms in total. The lowest BCUT2D eigenvalue weighted by Gasteiger charge is -2.21. The number of unbranched alkanes of at least 4 members (excludes halogenated alkanes) is 35. The van der Waals surface area contributed by atoms with Gasteiger partial charge in [0.15, 0.2) is 12.2 Å². The number of hydrogen-bond donors (Lipinski definition) is 3. The van der Waals surface area contributed by atoms with Gasteiger partial charge in [-0.3, -0.25) is 37.3 Å². The van der Waals surface area contributed by atoms with Gasteiger partial charge in [0.25, 0.3) is 0 Å². The maximum Gasteiger partial charge on any atom is 0.472 e. The molecule has 0 heterocycles. The molecule has 8 atom stereocenters. The van der Waals surface area contributed by atoms with Crippen molar-refractivity contribution in [2.45, 2.75) is 395 Å². The van der Waals surface area contributed by atoms with E-state index in [-0.39, 0.29) is 25.7 Å². The fraction of sp³-hybridized carbons (Fsp3) is 0.947. The van der Waals surface area contributed by atoms with Gasteiger partial charge in [-0.15, -0.1) is 0 Å². The quantitative estimate of drug-likeness (QED) is 0.0222. The maximum atomic E-state index is 13.1. The lowest BCUT2D eigenvalue weighted by Crippen LogP contribution is -2.30. The van der Waals surface area contributed by atoms with E-state index in [2.05, 4.69) is 55.4 Å². The van der Waals surface area contributed by atoms with Crippen LogP contribution in [0.3, 0.4) is 0 Å². The highest BCUT2D eigenvalue weighted by atomic mass is 31.2. The van der Waals surface area contributed by atoms with Crippen LogP contribution in [0.15, 0.2) is 0 Å². The number of phosphoric ester groups is 2. The van der Waals surface area contributed by atoms with Gasteiger partial charge in [-0.1, -0.05) is 325 Å². The lowest BCUT2D eigenvalue weighted by molar-refractivity contribution is -0.161. The van der Waals surface area contributed by atoms with Crippen molar-refractivity contribution in [1.29, 1.82) is 0 Å². The first-order valence-corrected chi connectivity index (χ1v) is 41.8. The summed E-state index contributed by atoms with van der Waals surface area (Å²) in [5, 5.41) is 10.6. The van der Waals surface area contributed by atoms with E-state index in [1.807, 2.05) is 0 Å². The van der Waals surface area contributed by atoms with E-state index in [4.69, 9.17) is 37.0 Å². The van der Waals surface area contributed by atoms with Crippen LogP contribution in [0.4, 0.5) is 0 Å². The molecule has 3 N–H and O–H groups in total. The number of carbonyl (C=O) groups is 4. The molecule has 0 aromatic carbocycles. The number of hydrogen-bond acceptors (Lipinski definition) is 15. The molecule has 0 saturated heterocycles. The molecule has 0 fully saturated rings. The first kappa shape index (κ1) is 92.1. The average Bonchev–Trinajstić information content (AvgIpc) is 1.15. The molecule has 94 heavy (non-hydrogen) atoms. The molecule has 0 amide bonds.